The van der Waals surface area contributed by atoms with Crippen LogP contribution in [0.25, 0.3) is 0 Å². The number of ether oxygens (including phenoxy) is 1. The first-order chi connectivity index (χ1) is 5.66. The van der Waals surface area contributed by atoms with E-state index in [0.29, 0.717) is 12.4 Å². The van der Waals surface area contributed by atoms with Crippen LogP contribution >= 0.6 is 11.6 Å². The largest absolute Gasteiger partial charge is 0.490 e. The molecule has 0 aliphatic rings. The summed E-state index contributed by atoms with van der Waals surface area (Å²) in [7, 11) is 1.53. The lowest BCUT2D eigenvalue weighted by molar-refractivity contribution is 0.336. The van der Waals surface area contributed by atoms with Gasteiger partial charge in [-0.05, 0) is 6.92 Å². The quantitative estimate of drug-likeness (QED) is 0.691. The molecule has 0 spiro atoms. The summed E-state index contributed by atoms with van der Waals surface area (Å²) in [6.45, 7) is 2.28. The molecule has 1 rings (SSSR count). The Labute approximate surface area is 74.7 Å². The molecule has 0 aliphatic heterocycles. The standard InChI is InChI=1S/C7H9ClN2O2/c1-3-12-5-4-9-10(2)7(11)6(5)8/h4H,3H2,1-2H3. The van der Waals surface area contributed by atoms with E-state index in [0.717, 1.165) is 4.68 Å². The summed E-state index contributed by atoms with van der Waals surface area (Å²) in [5.74, 6) is 0.335. The first-order valence-electron chi connectivity index (χ1n) is 3.51. The second-order valence-electron chi connectivity index (χ2n) is 2.18. The Morgan fingerprint density at radius 3 is 3.00 bits per heavy atom. The number of nitrogens with zero attached hydrogens (tertiary/aromatic N) is 2. The van der Waals surface area contributed by atoms with E-state index in [9.17, 15) is 4.79 Å². The van der Waals surface area contributed by atoms with Crippen molar-refractivity contribution in [3.05, 3.63) is 21.6 Å². The van der Waals surface area contributed by atoms with Crippen molar-refractivity contribution >= 4 is 11.6 Å². The average Bonchev–Trinajstić information content (AvgIpc) is 2.07. The van der Waals surface area contributed by atoms with Crippen LogP contribution in [-0.2, 0) is 7.05 Å². The van der Waals surface area contributed by atoms with Crippen LogP contribution in [0.1, 0.15) is 6.92 Å². The summed E-state index contributed by atoms with van der Waals surface area (Å²) in [6, 6.07) is 0. The summed E-state index contributed by atoms with van der Waals surface area (Å²) in [5, 5.41) is 3.83. The first-order valence-corrected chi connectivity index (χ1v) is 3.89. The fourth-order valence-corrected chi connectivity index (χ4v) is 0.977. The zero-order valence-corrected chi connectivity index (χ0v) is 7.63. The molecule has 1 aromatic heterocycles. The van der Waals surface area contributed by atoms with Crippen molar-refractivity contribution in [1.29, 1.82) is 0 Å². The minimum atomic E-state index is -0.345. The van der Waals surface area contributed by atoms with E-state index in [1.165, 1.54) is 13.2 Å². The Hall–Kier alpha value is -1.03. The fraction of sp³-hybridized carbons (Fsp3) is 0.429. The number of rotatable bonds is 2. The summed E-state index contributed by atoms with van der Waals surface area (Å²) >= 11 is 5.68. The second kappa shape index (κ2) is 3.58. The highest BCUT2D eigenvalue weighted by atomic mass is 35.5. The third-order valence-electron chi connectivity index (χ3n) is 1.35. The van der Waals surface area contributed by atoms with Crippen LogP contribution in [-0.4, -0.2) is 16.4 Å². The Morgan fingerprint density at radius 2 is 2.42 bits per heavy atom. The predicted molar refractivity (Wildman–Crippen MR) is 45.7 cm³/mol. The molecule has 0 radical (unpaired) electrons. The molecule has 0 unspecified atom stereocenters. The van der Waals surface area contributed by atoms with E-state index in [1.54, 1.807) is 0 Å². The maximum atomic E-state index is 11.2. The molecule has 0 saturated carbocycles. The van der Waals surface area contributed by atoms with Crippen molar-refractivity contribution in [3.8, 4) is 5.75 Å². The van der Waals surface area contributed by atoms with Crippen LogP contribution in [0, 0.1) is 0 Å². The molecule has 0 bridgehead atoms. The minimum Gasteiger partial charge on any atom is -0.490 e. The number of aryl methyl sites for hydroxylation is 1. The molecule has 0 aliphatic carbocycles. The fourth-order valence-electron chi connectivity index (χ4n) is 0.752. The molecular formula is C7H9ClN2O2. The average molecular weight is 189 g/mol. The monoisotopic (exact) mass is 188 g/mol. The second-order valence-corrected chi connectivity index (χ2v) is 2.56. The van der Waals surface area contributed by atoms with E-state index in [4.69, 9.17) is 16.3 Å². The Balaban J connectivity index is 3.18. The van der Waals surface area contributed by atoms with Crippen molar-refractivity contribution in [2.24, 2.45) is 7.05 Å². The molecule has 0 saturated heterocycles. The van der Waals surface area contributed by atoms with Crippen LogP contribution in [0.4, 0.5) is 0 Å². The highest BCUT2D eigenvalue weighted by Crippen LogP contribution is 2.17. The number of halogens is 1. The van der Waals surface area contributed by atoms with E-state index in [2.05, 4.69) is 5.10 Å². The molecular weight excluding hydrogens is 180 g/mol. The van der Waals surface area contributed by atoms with Gasteiger partial charge in [0.15, 0.2) is 10.8 Å². The van der Waals surface area contributed by atoms with Crippen LogP contribution in [0.2, 0.25) is 5.02 Å². The van der Waals surface area contributed by atoms with Gasteiger partial charge in [-0.2, -0.15) is 5.10 Å². The van der Waals surface area contributed by atoms with Crippen LogP contribution in [0.15, 0.2) is 11.0 Å². The lowest BCUT2D eigenvalue weighted by atomic mass is 10.5. The lowest BCUT2D eigenvalue weighted by Gasteiger charge is -2.04. The Morgan fingerprint density at radius 1 is 1.75 bits per heavy atom. The normalized spacial score (nSPS) is 9.92. The van der Waals surface area contributed by atoms with Gasteiger partial charge >= 0.3 is 0 Å². The van der Waals surface area contributed by atoms with Crippen LogP contribution < -0.4 is 10.3 Å². The van der Waals surface area contributed by atoms with Gasteiger partial charge in [-0.15, -0.1) is 0 Å². The SMILES string of the molecule is CCOc1cnn(C)c(=O)c1Cl. The molecule has 5 heteroatoms. The first kappa shape index (κ1) is 9.06. The zero-order chi connectivity index (χ0) is 9.14. The van der Waals surface area contributed by atoms with Gasteiger partial charge in [-0.25, -0.2) is 4.68 Å². The summed E-state index contributed by atoms with van der Waals surface area (Å²) in [5.41, 5.74) is -0.345. The van der Waals surface area contributed by atoms with E-state index >= 15 is 0 Å². The molecule has 0 aromatic carbocycles. The predicted octanol–water partition coefficient (Wildman–Crippen LogP) is 0.832. The molecule has 12 heavy (non-hydrogen) atoms. The van der Waals surface area contributed by atoms with Crippen LogP contribution in [0.5, 0.6) is 5.75 Å². The topological polar surface area (TPSA) is 44.1 Å². The molecule has 0 fully saturated rings. The molecule has 1 heterocycles. The van der Waals surface area contributed by atoms with Gasteiger partial charge in [0, 0.05) is 7.05 Å². The zero-order valence-electron chi connectivity index (χ0n) is 6.87. The highest BCUT2D eigenvalue weighted by Gasteiger charge is 2.06. The molecule has 0 amide bonds. The number of hydrogen-bond acceptors (Lipinski definition) is 3. The Kier molecular flexibility index (Phi) is 2.70. The number of hydrogen-bond donors (Lipinski definition) is 0. The van der Waals surface area contributed by atoms with Crippen molar-refractivity contribution in [1.82, 2.24) is 9.78 Å². The molecule has 0 N–H and O–H groups in total. The molecule has 0 atom stereocenters. The third kappa shape index (κ3) is 1.58. The van der Waals surface area contributed by atoms with Gasteiger partial charge in [0.2, 0.25) is 0 Å². The maximum Gasteiger partial charge on any atom is 0.289 e. The van der Waals surface area contributed by atoms with Gasteiger partial charge < -0.3 is 4.74 Å². The lowest BCUT2D eigenvalue weighted by Crippen LogP contribution is -2.20. The van der Waals surface area contributed by atoms with Gasteiger partial charge in [0.25, 0.3) is 5.56 Å². The highest BCUT2D eigenvalue weighted by molar-refractivity contribution is 6.31. The van der Waals surface area contributed by atoms with Gasteiger partial charge in [-0.1, -0.05) is 11.6 Å². The molecule has 1 aromatic rings. The third-order valence-corrected chi connectivity index (χ3v) is 1.69. The molecule has 4 nitrogen and oxygen atoms in total. The van der Waals surface area contributed by atoms with Crippen molar-refractivity contribution in [2.45, 2.75) is 6.92 Å². The van der Waals surface area contributed by atoms with Gasteiger partial charge in [0.05, 0.1) is 12.8 Å². The summed E-state index contributed by atoms with van der Waals surface area (Å²) in [4.78, 5) is 11.2. The van der Waals surface area contributed by atoms with Crippen molar-refractivity contribution in [3.63, 3.8) is 0 Å². The smallest absolute Gasteiger partial charge is 0.289 e. The summed E-state index contributed by atoms with van der Waals surface area (Å²) in [6.07, 6.45) is 1.42. The van der Waals surface area contributed by atoms with E-state index < -0.39 is 0 Å². The van der Waals surface area contributed by atoms with Gasteiger partial charge in [-0.3, -0.25) is 4.79 Å². The summed E-state index contributed by atoms with van der Waals surface area (Å²) < 4.78 is 6.22. The minimum absolute atomic E-state index is 0.0781. The Bertz CT molecular complexity index is 335. The van der Waals surface area contributed by atoms with Crippen molar-refractivity contribution < 1.29 is 4.74 Å². The van der Waals surface area contributed by atoms with Gasteiger partial charge in [0.1, 0.15) is 0 Å². The van der Waals surface area contributed by atoms with Crippen LogP contribution in [0.3, 0.4) is 0 Å². The van der Waals surface area contributed by atoms with Crippen molar-refractivity contribution in [2.75, 3.05) is 6.61 Å². The maximum absolute atomic E-state index is 11.2. The van der Waals surface area contributed by atoms with E-state index in [-0.39, 0.29) is 10.6 Å². The molecule has 66 valence electrons. The number of aromatic nitrogens is 2. The van der Waals surface area contributed by atoms with E-state index in [1.807, 2.05) is 6.92 Å².